The summed E-state index contributed by atoms with van der Waals surface area (Å²) in [4.78, 5) is 4.47. The number of anilines is 2. The van der Waals surface area contributed by atoms with Crippen molar-refractivity contribution in [3.8, 4) is 6.07 Å². The average Bonchev–Trinajstić information content (AvgIpc) is 3.35. The highest BCUT2D eigenvalue weighted by atomic mass is 35.5. The minimum absolute atomic E-state index is 0.0300. The smallest absolute Gasteiger partial charge is 0.263 e. The van der Waals surface area contributed by atoms with Gasteiger partial charge in [-0.05, 0) is 47.1 Å². The number of hydrogen-bond donors (Lipinski definition) is 3. The predicted octanol–water partition coefficient (Wildman–Crippen LogP) is 6.37. The van der Waals surface area contributed by atoms with Crippen molar-refractivity contribution in [1.29, 1.82) is 5.26 Å². The van der Waals surface area contributed by atoms with E-state index in [2.05, 4.69) is 64.2 Å². The molecule has 6 rings (SSSR count). The lowest BCUT2D eigenvalue weighted by Gasteiger charge is -2.23. The number of halogens is 3. The summed E-state index contributed by atoms with van der Waals surface area (Å²) in [6.07, 6.45) is 1.38. The Morgan fingerprint density at radius 2 is 2.02 bits per heavy atom. The van der Waals surface area contributed by atoms with Crippen LogP contribution in [-0.2, 0) is 18.6 Å². The van der Waals surface area contributed by atoms with Crippen LogP contribution in [0.4, 0.5) is 20.2 Å². The van der Waals surface area contributed by atoms with Gasteiger partial charge < -0.3 is 16.0 Å². The fraction of sp³-hybridized carbons (Fsp3) is 0.400. The van der Waals surface area contributed by atoms with E-state index in [0.717, 1.165) is 17.7 Å². The number of nitrogens with zero attached hydrogens (tertiary/aromatic N) is 5. The van der Waals surface area contributed by atoms with Crippen LogP contribution >= 0.6 is 11.6 Å². The van der Waals surface area contributed by atoms with Gasteiger partial charge in [0.2, 0.25) is 0 Å². The molecule has 4 aromatic rings. The fourth-order valence-electron chi connectivity index (χ4n) is 5.38. The lowest BCUT2D eigenvalue weighted by atomic mass is 9.95. The topological polar surface area (TPSA) is 103 Å². The molecule has 11 heteroatoms. The number of rotatable bonds is 8. The number of hydrogen-bond acceptors (Lipinski definition) is 7. The first-order chi connectivity index (χ1) is 19.6. The van der Waals surface area contributed by atoms with Crippen molar-refractivity contribution >= 4 is 33.9 Å². The van der Waals surface area contributed by atoms with Crippen LogP contribution in [0.3, 0.4) is 0 Å². The maximum Gasteiger partial charge on any atom is 0.263 e. The molecular weight excluding hydrogens is 546 g/mol. The Balaban J connectivity index is 1.45. The average molecular weight is 577 g/mol. The molecule has 1 aliphatic carbocycles. The molecule has 2 aromatic carbocycles. The SMILES string of the molecule is CC(C)(C)CNc1c(C#N)cnc2c(Cl)cc(N[C@H](c3cn(C4(C(F)F)CC4)nn3)c3cccc4c3CNC4)cc12. The van der Waals surface area contributed by atoms with Crippen LogP contribution in [0.1, 0.15) is 67.6 Å². The molecule has 0 unspecified atom stereocenters. The number of alkyl halides is 2. The molecule has 1 fully saturated rings. The van der Waals surface area contributed by atoms with Crippen LogP contribution in [0.25, 0.3) is 10.9 Å². The molecule has 2 aromatic heterocycles. The van der Waals surface area contributed by atoms with Gasteiger partial charge in [0.25, 0.3) is 6.43 Å². The predicted molar refractivity (Wildman–Crippen MR) is 155 cm³/mol. The maximum absolute atomic E-state index is 13.9. The van der Waals surface area contributed by atoms with E-state index in [1.54, 1.807) is 12.3 Å². The highest BCUT2D eigenvalue weighted by molar-refractivity contribution is 6.35. The van der Waals surface area contributed by atoms with Crippen molar-refractivity contribution in [3.63, 3.8) is 0 Å². The van der Waals surface area contributed by atoms with Crippen LogP contribution in [0.2, 0.25) is 5.02 Å². The third-order valence-electron chi connectivity index (χ3n) is 7.82. The second-order valence-corrected chi connectivity index (χ2v) is 12.5. The molecule has 41 heavy (non-hydrogen) atoms. The molecule has 0 radical (unpaired) electrons. The molecule has 1 saturated carbocycles. The molecule has 0 spiro atoms. The Kier molecular flexibility index (Phi) is 6.83. The van der Waals surface area contributed by atoms with Gasteiger partial charge in [0.05, 0.1) is 34.0 Å². The van der Waals surface area contributed by atoms with E-state index in [9.17, 15) is 14.0 Å². The van der Waals surface area contributed by atoms with Gasteiger partial charge in [-0.3, -0.25) is 4.98 Å². The molecule has 8 nitrogen and oxygen atoms in total. The Labute approximate surface area is 242 Å². The van der Waals surface area contributed by atoms with E-state index in [1.807, 2.05) is 18.2 Å². The molecule has 2 aliphatic rings. The second-order valence-electron chi connectivity index (χ2n) is 12.1. The normalized spacial score (nSPS) is 16.4. The molecule has 212 valence electrons. The van der Waals surface area contributed by atoms with Crippen molar-refractivity contribution in [2.45, 2.75) is 64.7 Å². The van der Waals surface area contributed by atoms with Crippen LogP contribution in [0, 0.1) is 16.7 Å². The number of benzene rings is 2. The zero-order valence-electron chi connectivity index (χ0n) is 23.1. The molecule has 3 heterocycles. The summed E-state index contributed by atoms with van der Waals surface area (Å²) in [5, 5.41) is 29.9. The van der Waals surface area contributed by atoms with Crippen molar-refractivity contribution in [2.75, 3.05) is 17.2 Å². The lowest BCUT2D eigenvalue weighted by Crippen LogP contribution is -2.26. The minimum atomic E-state index is -2.52. The number of pyridine rings is 1. The van der Waals surface area contributed by atoms with Gasteiger partial charge in [0, 0.05) is 36.9 Å². The van der Waals surface area contributed by atoms with Gasteiger partial charge in [0.1, 0.15) is 17.3 Å². The summed E-state index contributed by atoms with van der Waals surface area (Å²) in [6.45, 7) is 8.41. The number of nitrogens with one attached hydrogen (secondary N) is 3. The van der Waals surface area contributed by atoms with E-state index in [0.29, 0.717) is 64.5 Å². The lowest BCUT2D eigenvalue weighted by molar-refractivity contribution is 0.0593. The summed E-state index contributed by atoms with van der Waals surface area (Å²) in [5.74, 6) is 0. The standard InChI is InChI=1S/C30H31ClF2N8/c1-29(2,3)16-37-25-18(11-34)13-36-26-21(25)9-19(10-23(26)31)38-27(20-6-4-5-17-12-35-14-22(17)20)24-15-41(40-39-24)30(7-8-30)28(32)33/h4-6,9-10,13,15,27-28,35,38H,7-8,12,14,16H2,1-3H3,(H,36,37)/t27-/m0/s1. The highest BCUT2D eigenvalue weighted by Crippen LogP contribution is 2.48. The van der Waals surface area contributed by atoms with Gasteiger partial charge in [-0.2, -0.15) is 5.26 Å². The molecule has 0 amide bonds. The van der Waals surface area contributed by atoms with E-state index in [4.69, 9.17) is 11.6 Å². The fourth-order valence-corrected chi connectivity index (χ4v) is 5.65. The van der Waals surface area contributed by atoms with Crippen molar-refractivity contribution in [2.24, 2.45) is 5.41 Å². The monoisotopic (exact) mass is 576 g/mol. The molecule has 0 saturated heterocycles. The largest absolute Gasteiger partial charge is 0.383 e. The van der Waals surface area contributed by atoms with E-state index in [1.165, 1.54) is 16.4 Å². The van der Waals surface area contributed by atoms with Gasteiger partial charge in [-0.1, -0.05) is 55.8 Å². The molecular formula is C30H31ClF2N8. The summed E-state index contributed by atoms with van der Waals surface area (Å²) >= 11 is 6.76. The van der Waals surface area contributed by atoms with E-state index < -0.39 is 18.0 Å². The highest BCUT2D eigenvalue weighted by Gasteiger charge is 2.54. The molecule has 0 bridgehead atoms. The Bertz CT molecular complexity index is 1670. The Morgan fingerprint density at radius 3 is 2.73 bits per heavy atom. The zero-order valence-corrected chi connectivity index (χ0v) is 23.9. The van der Waals surface area contributed by atoms with Crippen molar-refractivity contribution in [1.82, 2.24) is 25.3 Å². The van der Waals surface area contributed by atoms with E-state index in [-0.39, 0.29) is 5.41 Å². The quantitative estimate of drug-likeness (QED) is 0.224. The maximum atomic E-state index is 13.9. The minimum Gasteiger partial charge on any atom is -0.383 e. The van der Waals surface area contributed by atoms with Gasteiger partial charge in [-0.25, -0.2) is 13.5 Å². The van der Waals surface area contributed by atoms with Crippen LogP contribution in [0.15, 0.2) is 42.7 Å². The summed E-state index contributed by atoms with van der Waals surface area (Å²) in [5.41, 5.74) is 4.86. The van der Waals surface area contributed by atoms with Gasteiger partial charge in [0.15, 0.2) is 0 Å². The van der Waals surface area contributed by atoms with Crippen LogP contribution in [0.5, 0.6) is 0 Å². The number of aromatic nitrogens is 4. The molecule has 1 atom stereocenters. The molecule has 1 aliphatic heterocycles. The van der Waals surface area contributed by atoms with Crippen LogP contribution in [-0.4, -0.2) is 32.9 Å². The zero-order chi connectivity index (χ0) is 28.9. The number of fused-ring (bicyclic) bond motifs is 2. The first-order valence-corrected chi connectivity index (χ1v) is 14.0. The molecule has 3 N–H and O–H groups in total. The Morgan fingerprint density at radius 1 is 1.22 bits per heavy atom. The summed E-state index contributed by atoms with van der Waals surface area (Å²) < 4.78 is 29.1. The third-order valence-corrected chi connectivity index (χ3v) is 8.11. The van der Waals surface area contributed by atoms with E-state index >= 15 is 0 Å². The van der Waals surface area contributed by atoms with Crippen molar-refractivity contribution < 1.29 is 8.78 Å². The first-order valence-electron chi connectivity index (χ1n) is 13.6. The summed E-state index contributed by atoms with van der Waals surface area (Å²) in [7, 11) is 0. The Hall–Kier alpha value is -3.81. The summed E-state index contributed by atoms with van der Waals surface area (Å²) in [6, 6.07) is 11.6. The number of nitriles is 1. The van der Waals surface area contributed by atoms with Gasteiger partial charge >= 0.3 is 0 Å². The third kappa shape index (κ3) is 5.09. The second kappa shape index (κ2) is 10.2. The van der Waals surface area contributed by atoms with Crippen molar-refractivity contribution in [3.05, 3.63) is 75.7 Å². The first kappa shape index (κ1) is 27.4. The van der Waals surface area contributed by atoms with Crippen LogP contribution < -0.4 is 16.0 Å². The van der Waals surface area contributed by atoms with Gasteiger partial charge in [-0.15, -0.1) is 5.10 Å².